The van der Waals surface area contributed by atoms with E-state index in [-0.39, 0.29) is 19.5 Å². The molecule has 0 amide bonds. The van der Waals surface area contributed by atoms with Crippen molar-refractivity contribution in [1.29, 1.82) is 0 Å². The SMILES string of the molecule is O=C(CBr)c1cc(C(F)(F)F)c(I)cc1Cl. The summed E-state index contributed by atoms with van der Waals surface area (Å²) < 4.78 is 37.6. The van der Waals surface area contributed by atoms with Crippen LogP contribution in [0.25, 0.3) is 0 Å². The third kappa shape index (κ3) is 3.10. The number of benzene rings is 1. The molecular weight excluding hydrogens is 423 g/mol. The first kappa shape index (κ1) is 14.2. The highest BCUT2D eigenvalue weighted by molar-refractivity contribution is 14.1. The van der Waals surface area contributed by atoms with E-state index < -0.39 is 17.5 Å². The van der Waals surface area contributed by atoms with Gasteiger partial charge in [-0.1, -0.05) is 27.5 Å². The van der Waals surface area contributed by atoms with Crippen LogP contribution in [0.3, 0.4) is 0 Å². The summed E-state index contributed by atoms with van der Waals surface area (Å²) in [5, 5.41) is -0.0354. The summed E-state index contributed by atoms with van der Waals surface area (Å²) in [6.45, 7) is 0. The van der Waals surface area contributed by atoms with Gasteiger partial charge in [-0.15, -0.1) is 0 Å². The topological polar surface area (TPSA) is 17.1 Å². The van der Waals surface area contributed by atoms with Crippen LogP contribution in [-0.2, 0) is 6.18 Å². The van der Waals surface area contributed by atoms with E-state index in [1.165, 1.54) is 22.6 Å². The van der Waals surface area contributed by atoms with Gasteiger partial charge < -0.3 is 0 Å². The van der Waals surface area contributed by atoms with Crippen molar-refractivity contribution >= 4 is 55.9 Å². The molecule has 0 spiro atoms. The highest BCUT2D eigenvalue weighted by Crippen LogP contribution is 2.35. The third-order valence-corrected chi connectivity index (χ3v) is 3.50. The first-order valence-electron chi connectivity index (χ1n) is 3.92. The van der Waals surface area contributed by atoms with Gasteiger partial charge in [-0.2, -0.15) is 13.2 Å². The first-order valence-corrected chi connectivity index (χ1v) is 6.50. The Morgan fingerprint density at radius 2 is 2.00 bits per heavy atom. The summed E-state index contributed by atoms with van der Waals surface area (Å²) in [4.78, 5) is 11.3. The average Bonchev–Trinajstić information content (AvgIpc) is 2.14. The molecule has 1 rings (SSSR count). The lowest BCUT2D eigenvalue weighted by atomic mass is 10.1. The molecule has 88 valence electrons. The molecule has 0 heterocycles. The maximum atomic E-state index is 12.6. The van der Waals surface area contributed by atoms with E-state index in [0.717, 1.165) is 12.1 Å². The van der Waals surface area contributed by atoms with Crippen molar-refractivity contribution in [2.24, 2.45) is 0 Å². The Balaban J connectivity index is 3.39. The highest BCUT2D eigenvalue weighted by atomic mass is 127. The molecule has 0 unspecified atom stereocenters. The molecule has 7 heteroatoms. The molecule has 0 radical (unpaired) electrons. The Kier molecular flexibility index (Phi) is 4.65. The molecule has 0 aliphatic heterocycles. The number of halogens is 6. The fourth-order valence-electron chi connectivity index (χ4n) is 1.05. The Morgan fingerprint density at radius 3 is 2.44 bits per heavy atom. The van der Waals surface area contributed by atoms with Gasteiger partial charge in [-0.25, -0.2) is 0 Å². The second kappa shape index (κ2) is 5.22. The van der Waals surface area contributed by atoms with Crippen LogP contribution in [0.1, 0.15) is 15.9 Å². The van der Waals surface area contributed by atoms with Crippen molar-refractivity contribution in [2.75, 3.05) is 5.33 Å². The van der Waals surface area contributed by atoms with Crippen molar-refractivity contribution < 1.29 is 18.0 Å². The van der Waals surface area contributed by atoms with Gasteiger partial charge in [0.1, 0.15) is 0 Å². The molecule has 0 aliphatic carbocycles. The van der Waals surface area contributed by atoms with E-state index in [9.17, 15) is 18.0 Å². The zero-order valence-corrected chi connectivity index (χ0v) is 12.0. The minimum absolute atomic E-state index is 0.0266. The minimum Gasteiger partial charge on any atom is -0.293 e. The summed E-state index contributed by atoms with van der Waals surface area (Å²) in [5.41, 5.74) is -0.965. The van der Waals surface area contributed by atoms with Gasteiger partial charge in [0, 0.05) is 9.13 Å². The second-order valence-electron chi connectivity index (χ2n) is 2.87. The van der Waals surface area contributed by atoms with E-state index in [1.807, 2.05) is 0 Å². The van der Waals surface area contributed by atoms with E-state index in [1.54, 1.807) is 0 Å². The van der Waals surface area contributed by atoms with Gasteiger partial charge in [-0.05, 0) is 34.7 Å². The zero-order chi connectivity index (χ0) is 12.5. The molecule has 0 N–H and O–H groups in total. The third-order valence-electron chi connectivity index (χ3n) is 1.78. The summed E-state index contributed by atoms with van der Waals surface area (Å²) in [6, 6.07) is 1.93. The molecule has 0 saturated heterocycles. The maximum Gasteiger partial charge on any atom is 0.417 e. The number of alkyl halides is 4. The molecular formula is C9H4BrClF3IO. The van der Waals surface area contributed by atoms with E-state index in [2.05, 4.69) is 15.9 Å². The molecule has 0 aliphatic rings. The van der Waals surface area contributed by atoms with Gasteiger partial charge in [0.2, 0.25) is 0 Å². The van der Waals surface area contributed by atoms with Crippen molar-refractivity contribution in [1.82, 2.24) is 0 Å². The van der Waals surface area contributed by atoms with Crippen molar-refractivity contribution in [3.05, 3.63) is 31.9 Å². The molecule has 0 fully saturated rings. The largest absolute Gasteiger partial charge is 0.417 e. The lowest BCUT2D eigenvalue weighted by Crippen LogP contribution is -2.11. The van der Waals surface area contributed by atoms with Crippen LogP contribution < -0.4 is 0 Å². The molecule has 1 aromatic carbocycles. The molecule has 1 aromatic rings. The van der Waals surface area contributed by atoms with Crippen LogP contribution in [0, 0.1) is 3.57 Å². The number of hydrogen-bond donors (Lipinski definition) is 0. The quantitative estimate of drug-likeness (QED) is 0.385. The Bertz CT molecular complexity index is 433. The van der Waals surface area contributed by atoms with Gasteiger partial charge >= 0.3 is 6.18 Å². The Hall–Kier alpha value is 0.180. The number of Topliss-reactive ketones (excluding diaryl/α,β-unsaturated/α-hetero) is 1. The fraction of sp³-hybridized carbons (Fsp3) is 0.222. The number of hydrogen-bond acceptors (Lipinski definition) is 1. The first-order chi connectivity index (χ1) is 7.27. The predicted octanol–water partition coefficient (Wildman–Crippen LogP) is 4.54. The fourth-order valence-corrected chi connectivity index (χ4v) is 2.58. The van der Waals surface area contributed by atoms with Gasteiger partial charge in [0.05, 0.1) is 15.9 Å². The van der Waals surface area contributed by atoms with Crippen LogP contribution in [-0.4, -0.2) is 11.1 Å². The standard InChI is InChI=1S/C9H4BrClF3IO/c10-3-8(16)4-1-5(9(12,13)14)7(15)2-6(4)11/h1-2H,3H2. The lowest BCUT2D eigenvalue weighted by molar-refractivity contribution is -0.138. The van der Waals surface area contributed by atoms with Crippen LogP contribution in [0.2, 0.25) is 5.02 Å². The van der Waals surface area contributed by atoms with Gasteiger partial charge in [-0.3, -0.25) is 4.79 Å². The monoisotopic (exact) mass is 426 g/mol. The van der Waals surface area contributed by atoms with Gasteiger partial charge in [0.15, 0.2) is 5.78 Å². The van der Waals surface area contributed by atoms with Crippen molar-refractivity contribution in [3.8, 4) is 0 Å². The normalized spacial score (nSPS) is 11.6. The van der Waals surface area contributed by atoms with Crippen molar-refractivity contribution in [2.45, 2.75) is 6.18 Å². The molecule has 0 aromatic heterocycles. The summed E-state index contributed by atoms with van der Waals surface area (Å²) in [7, 11) is 0. The molecule has 0 saturated carbocycles. The highest BCUT2D eigenvalue weighted by Gasteiger charge is 2.34. The Morgan fingerprint density at radius 1 is 1.44 bits per heavy atom. The number of carbonyl (C=O) groups is 1. The summed E-state index contributed by atoms with van der Waals surface area (Å²) in [6.07, 6.45) is -4.48. The molecule has 1 nitrogen and oxygen atoms in total. The van der Waals surface area contributed by atoms with E-state index in [4.69, 9.17) is 11.6 Å². The van der Waals surface area contributed by atoms with Crippen LogP contribution in [0.4, 0.5) is 13.2 Å². The number of ketones is 1. The van der Waals surface area contributed by atoms with Gasteiger partial charge in [0.25, 0.3) is 0 Å². The predicted molar refractivity (Wildman–Crippen MR) is 67.3 cm³/mol. The van der Waals surface area contributed by atoms with Crippen LogP contribution in [0.15, 0.2) is 12.1 Å². The summed E-state index contributed by atoms with van der Waals surface area (Å²) in [5.74, 6) is -0.480. The number of rotatable bonds is 2. The lowest BCUT2D eigenvalue weighted by Gasteiger charge is -2.11. The number of carbonyl (C=O) groups excluding carboxylic acids is 1. The maximum absolute atomic E-state index is 12.6. The Labute approximate surface area is 117 Å². The summed E-state index contributed by atoms with van der Waals surface area (Å²) >= 11 is 10.1. The smallest absolute Gasteiger partial charge is 0.293 e. The molecule has 0 atom stereocenters. The zero-order valence-electron chi connectivity index (χ0n) is 7.54. The minimum atomic E-state index is -4.48. The molecule has 0 bridgehead atoms. The van der Waals surface area contributed by atoms with Crippen LogP contribution >= 0.6 is 50.1 Å². The van der Waals surface area contributed by atoms with Crippen LogP contribution in [0.5, 0.6) is 0 Å². The average molecular weight is 427 g/mol. The van der Waals surface area contributed by atoms with E-state index >= 15 is 0 Å². The van der Waals surface area contributed by atoms with E-state index in [0.29, 0.717) is 0 Å². The second-order valence-corrected chi connectivity index (χ2v) is 5.00. The molecule has 16 heavy (non-hydrogen) atoms. The van der Waals surface area contributed by atoms with Crippen molar-refractivity contribution in [3.63, 3.8) is 0 Å².